The first-order valence-electron chi connectivity index (χ1n) is 9.75. The fourth-order valence-corrected chi connectivity index (χ4v) is 3.44. The van der Waals surface area contributed by atoms with Crippen LogP contribution >= 0.6 is 11.8 Å². The monoisotopic (exact) mass is 416 g/mol. The second kappa shape index (κ2) is 11.5. The number of allylic oxidation sites excluding steroid dienone is 1. The Balaban J connectivity index is 1.64. The molecule has 2 amide bonds. The molecule has 6 nitrogen and oxygen atoms in total. The van der Waals surface area contributed by atoms with Gasteiger partial charge in [0, 0.05) is 42.7 Å². The Hall–Kier alpha value is -2.54. The van der Waals surface area contributed by atoms with Gasteiger partial charge in [-0.15, -0.1) is 0 Å². The highest BCUT2D eigenvalue weighted by Crippen LogP contribution is 2.34. The maximum Gasteiger partial charge on any atom is 0.286 e. The van der Waals surface area contributed by atoms with Gasteiger partial charge in [0.2, 0.25) is 11.7 Å². The fraction of sp³-hybridized carbons (Fsp3) is 0.409. The summed E-state index contributed by atoms with van der Waals surface area (Å²) in [5.74, 6) is 0.887. The Morgan fingerprint density at radius 3 is 2.48 bits per heavy atom. The number of amides is 2. The van der Waals surface area contributed by atoms with Crippen LogP contribution in [0.5, 0.6) is 0 Å². The van der Waals surface area contributed by atoms with Gasteiger partial charge in [0.25, 0.3) is 5.91 Å². The molecule has 2 rings (SSSR count). The molecule has 0 bridgehead atoms. The number of nitrogens with one attached hydrogen (secondary N) is 2. The number of thioether (sulfide) groups is 1. The van der Waals surface area contributed by atoms with E-state index in [9.17, 15) is 14.4 Å². The lowest BCUT2D eigenvalue weighted by Crippen LogP contribution is -2.32. The first-order valence-corrected chi connectivity index (χ1v) is 10.9. The van der Waals surface area contributed by atoms with E-state index in [4.69, 9.17) is 4.74 Å². The van der Waals surface area contributed by atoms with Crippen LogP contribution in [-0.2, 0) is 24.7 Å². The van der Waals surface area contributed by atoms with E-state index in [1.165, 1.54) is 6.08 Å². The van der Waals surface area contributed by atoms with Crippen LogP contribution in [0.15, 0.2) is 54.3 Å². The van der Waals surface area contributed by atoms with Crippen molar-refractivity contribution in [3.8, 4) is 0 Å². The van der Waals surface area contributed by atoms with Crippen molar-refractivity contribution in [2.24, 2.45) is 0 Å². The number of hydrogen-bond donors (Lipinski definition) is 2. The van der Waals surface area contributed by atoms with Crippen molar-refractivity contribution in [1.29, 1.82) is 0 Å². The summed E-state index contributed by atoms with van der Waals surface area (Å²) in [4.78, 5) is 36.2. The van der Waals surface area contributed by atoms with Crippen LogP contribution in [0.2, 0.25) is 0 Å². The van der Waals surface area contributed by atoms with Gasteiger partial charge < -0.3 is 15.4 Å². The third kappa shape index (κ3) is 6.78. The van der Waals surface area contributed by atoms with E-state index >= 15 is 0 Å². The number of rotatable bonds is 11. The fourth-order valence-electron chi connectivity index (χ4n) is 2.74. The Morgan fingerprint density at radius 1 is 1.10 bits per heavy atom. The molecule has 7 heteroatoms. The van der Waals surface area contributed by atoms with E-state index in [1.807, 2.05) is 49.4 Å². The minimum absolute atomic E-state index is 0.0139. The molecule has 0 spiro atoms. The quantitative estimate of drug-likeness (QED) is 0.428. The SMILES string of the molecule is CC/C=C\CC(=O)NCCSCCNC(=O)C1=CC(=O)C(C)(c2ccccc2)O1. The van der Waals surface area contributed by atoms with Gasteiger partial charge in [0.05, 0.1) is 0 Å². The standard InChI is InChI=1S/C22H28N2O4S/c1-3-4-6-11-20(26)23-12-14-29-15-13-24-21(27)18-16-19(25)22(2,28-18)17-9-7-5-8-10-17/h4-10,16H,3,11-15H2,1-2H3,(H,23,26)(H,24,27)/b6-4-. The van der Waals surface area contributed by atoms with Crippen molar-refractivity contribution in [2.75, 3.05) is 24.6 Å². The van der Waals surface area contributed by atoms with Gasteiger partial charge in [-0.2, -0.15) is 11.8 Å². The third-order valence-electron chi connectivity index (χ3n) is 4.40. The molecule has 156 valence electrons. The van der Waals surface area contributed by atoms with Gasteiger partial charge in [-0.3, -0.25) is 14.4 Å². The number of carbonyl (C=O) groups excluding carboxylic acids is 3. The molecule has 0 saturated carbocycles. The maximum absolute atomic E-state index is 12.4. The van der Waals surface area contributed by atoms with Crippen LogP contribution in [0.4, 0.5) is 0 Å². The molecule has 1 aliphatic heterocycles. The zero-order valence-corrected chi connectivity index (χ0v) is 17.7. The van der Waals surface area contributed by atoms with Crippen molar-refractivity contribution in [3.63, 3.8) is 0 Å². The van der Waals surface area contributed by atoms with Crippen LogP contribution in [0.1, 0.15) is 32.3 Å². The molecule has 1 atom stereocenters. The van der Waals surface area contributed by atoms with E-state index in [-0.39, 0.29) is 17.4 Å². The summed E-state index contributed by atoms with van der Waals surface area (Å²) in [6.07, 6.45) is 6.43. The van der Waals surface area contributed by atoms with Crippen molar-refractivity contribution in [3.05, 3.63) is 59.9 Å². The average molecular weight is 417 g/mol. The molecule has 1 aliphatic rings. The second-order valence-corrected chi connectivity index (χ2v) is 7.90. The summed E-state index contributed by atoms with van der Waals surface area (Å²) in [5, 5.41) is 5.62. The van der Waals surface area contributed by atoms with Crippen molar-refractivity contribution < 1.29 is 19.1 Å². The lowest BCUT2D eigenvalue weighted by Gasteiger charge is -2.23. The second-order valence-electron chi connectivity index (χ2n) is 6.68. The summed E-state index contributed by atoms with van der Waals surface area (Å²) in [7, 11) is 0. The zero-order valence-electron chi connectivity index (χ0n) is 16.9. The normalized spacial score (nSPS) is 18.4. The Morgan fingerprint density at radius 2 is 1.79 bits per heavy atom. The van der Waals surface area contributed by atoms with Gasteiger partial charge >= 0.3 is 0 Å². The summed E-state index contributed by atoms with van der Waals surface area (Å²) in [5.41, 5.74) is -0.445. The molecule has 0 radical (unpaired) electrons. The van der Waals surface area contributed by atoms with Crippen molar-refractivity contribution in [2.45, 2.75) is 32.3 Å². The van der Waals surface area contributed by atoms with E-state index in [1.54, 1.807) is 18.7 Å². The highest BCUT2D eigenvalue weighted by atomic mass is 32.2. The van der Waals surface area contributed by atoms with Gasteiger partial charge in [-0.1, -0.05) is 49.4 Å². The number of carbonyl (C=O) groups is 3. The lowest BCUT2D eigenvalue weighted by atomic mass is 9.92. The predicted molar refractivity (Wildman–Crippen MR) is 115 cm³/mol. The molecule has 1 aromatic rings. The van der Waals surface area contributed by atoms with Crippen LogP contribution in [0, 0.1) is 0 Å². The van der Waals surface area contributed by atoms with Crippen LogP contribution in [0.25, 0.3) is 0 Å². The minimum Gasteiger partial charge on any atom is -0.469 e. The molecule has 1 aromatic carbocycles. The first kappa shape index (κ1) is 22.7. The van der Waals surface area contributed by atoms with Crippen LogP contribution < -0.4 is 10.6 Å². The van der Waals surface area contributed by atoms with Crippen LogP contribution in [-0.4, -0.2) is 42.2 Å². The number of benzene rings is 1. The first-order chi connectivity index (χ1) is 14.0. The lowest BCUT2D eigenvalue weighted by molar-refractivity contribution is -0.132. The molecule has 1 unspecified atom stereocenters. The van der Waals surface area contributed by atoms with Gasteiger partial charge in [0.1, 0.15) is 0 Å². The van der Waals surface area contributed by atoms with Gasteiger partial charge in [0.15, 0.2) is 11.4 Å². The smallest absolute Gasteiger partial charge is 0.286 e. The molecule has 29 heavy (non-hydrogen) atoms. The molecular weight excluding hydrogens is 388 g/mol. The predicted octanol–water partition coefficient (Wildman–Crippen LogP) is 2.71. The topological polar surface area (TPSA) is 84.5 Å². The molecular formula is C22H28N2O4S. The molecule has 0 fully saturated rings. The van der Waals surface area contributed by atoms with Gasteiger partial charge in [-0.25, -0.2) is 0 Å². The molecule has 0 saturated heterocycles. The van der Waals surface area contributed by atoms with E-state index in [0.29, 0.717) is 30.8 Å². The van der Waals surface area contributed by atoms with Crippen molar-refractivity contribution >= 4 is 29.4 Å². The summed E-state index contributed by atoms with van der Waals surface area (Å²) < 4.78 is 5.71. The number of ether oxygens (including phenoxy) is 1. The largest absolute Gasteiger partial charge is 0.469 e. The third-order valence-corrected chi connectivity index (χ3v) is 5.39. The maximum atomic E-state index is 12.4. The van der Waals surface area contributed by atoms with Crippen molar-refractivity contribution in [1.82, 2.24) is 10.6 Å². The van der Waals surface area contributed by atoms with E-state index < -0.39 is 11.5 Å². The Kier molecular flexibility index (Phi) is 8.99. The molecule has 0 aliphatic carbocycles. The summed E-state index contributed by atoms with van der Waals surface area (Å²) in [6.45, 7) is 4.74. The molecule has 2 N–H and O–H groups in total. The summed E-state index contributed by atoms with van der Waals surface area (Å²) >= 11 is 1.63. The number of ketones is 1. The molecule has 1 heterocycles. The summed E-state index contributed by atoms with van der Waals surface area (Å²) in [6, 6.07) is 9.14. The highest BCUT2D eigenvalue weighted by molar-refractivity contribution is 7.99. The Labute approximate surface area is 176 Å². The van der Waals surface area contributed by atoms with Gasteiger partial charge in [-0.05, 0) is 13.3 Å². The Bertz CT molecular complexity index is 776. The number of hydrogen-bond acceptors (Lipinski definition) is 5. The van der Waals surface area contributed by atoms with E-state index in [2.05, 4.69) is 10.6 Å². The average Bonchev–Trinajstić information content (AvgIpc) is 3.04. The zero-order chi connectivity index (χ0) is 21.1. The van der Waals surface area contributed by atoms with E-state index in [0.717, 1.165) is 12.2 Å². The molecule has 0 aromatic heterocycles. The van der Waals surface area contributed by atoms with Crippen LogP contribution in [0.3, 0.4) is 0 Å². The minimum atomic E-state index is -1.16. The highest BCUT2D eigenvalue weighted by Gasteiger charge is 2.43.